The Morgan fingerprint density at radius 2 is 1.97 bits per heavy atom. The summed E-state index contributed by atoms with van der Waals surface area (Å²) in [6, 6.07) is 14.3. The highest BCUT2D eigenvalue weighted by Crippen LogP contribution is 2.26. The number of anilines is 1. The van der Waals surface area contributed by atoms with E-state index in [1.807, 2.05) is 37.4 Å². The number of nitrogens with zero attached hydrogens (tertiary/aromatic N) is 5. The fraction of sp³-hybridized carbons (Fsp3) is 0.385. The molecule has 3 heterocycles. The maximum Gasteiger partial charge on any atom is 0.256 e. The predicted molar refractivity (Wildman–Crippen MR) is 131 cm³/mol. The molecule has 1 N–H and O–H groups in total. The van der Waals surface area contributed by atoms with Gasteiger partial charge in [0, 0.05) is 49.7 Å². The molecule has 1 aliphatic heterocycles. The molecule has 1 amide bonds. The molecule has 4 rings (SSSR count). The highest BCUT2D eigenvalue weighted by atomic mass is 16.1. The molecule has 1 fully saturated rings. The minimum Gasteiger partial charge on any atom is -0.356 e. The van der Waals surface area contributed by atoms with E-state index in [1.165, 1.54) is 0 Å². The van der Waals surface area contributed by atoms with Gasteiger partial charge in [-0.3, -0.25) is 9.78 Å². The summed E-state index contributed by atoms with van der Waals surface area (Å²) < 4.78 is 0. The highest BCUT2D eigenvalue weighted by Gasteiger charge is 2.26. The van der Waals surface area contributed by atoms with Crippen molar-refractivity contribution in [3.8, 4) is 11.4 Å². The van der Waals surface area contributed by atoms with Gasteiger partial charge in [0.2, 0.25) is 0 Å². The van der Waals surface area contributed by atoms with Crippen LogP contribution in [0.2, 0.25) is 0 Å². The van der Waals surface area contributed by atoms with E-state index in [1.54, 1.807) is 12.4 Å². The van der Waals surface area contributed by atoms with Crippen LogP contribution in [-0.4, -0.2) is 65.5 Å². The van der Waals surface area contributed by atoms with Gasteiger partial charge in [0.1, 0.15) is 11.4 Å². The number of carbonyl (C=O) groups is 1. The summed E-state index contributed by atoms with van der Waals surface area (Å²) in [4.78, 5) is 31.4. The Hall–Kier alpha value is -3.32. The minimum absolute atomic E-state index is 0.156. The van der Waals surface area contributed by atoms with Gasteiger partial charge in [-0.2, -0.15) is 0 Å². The number of pyridine rings is 1. The molecule has 1 aromatic carbocycles. The van der Waals surface area contributed by atoms with Crippen molar-refractivity contribution in [2.75, 3.05) is 38.6 Å². The van der Waals surface area contributed by atoms with Gasteiger partial charge in [-0.05, 0) is 58.1 Å². The topological polar surface area (TPSA) is 74.2 Å². The molecule has 2 aromatic heterocycles. The van der Waals surface area contributed by atoms with E-state index in [-0.39, 0.29) is 5.91 Å². The lowest BCUT2D eigenvalue weighted by Crippen LogP contribution is -2.43. The number of nitrogens with one attached hydrogen (secondary N) is 1. The van der Waals surface area contributed by atoms with Gasteiger partial charge in [-0.25, -0.2) is 9.97 Å². The molecule has 0 atom stereocenters. The van der Waals surface area contributed by atoms with Crippen LogP contribution in [0.5, 0.6) is 0 Å². The van der Waals surface area contributed by atoms with Crippen molar-refractivity contribution < 1.29 is 4.79 Å². The Labute approximate surface area is 195 Å². The molecule has 7 nitrogen and oxygen atoms in total. The molecule has 1 saturated heterocycles. The third-order valence-corrected chi connectivity index (χ3v) is 6.25. The molecule has 0 saturated carbocycles. The van der Waals surface area contributed by atoms with Gasteiger partial charge in [0.25, 0.3) is 5.91 Å². The van der Waals surface area contributed by atoms with Crippen LogP contribution >= 0.6 is 0 Å². The number of amides is 1. The van der Waals surface area contributed by atoms with E-state index in [0.29, 0.717) is 36.2 Å². The summed E-state index contributed by atoms with van der Waals surface area (Å²) in [7, 11) is 4.19. The van der Waals surface area contributed by atoms with Gasteiger partial charge in [-0.15, -0.1) is 0 Å². The van der Waals surface area contributed by atoms with Gasteiger partial charge in [-0.1, -0.05) is 29.8 Å². The van der Waals surface area contributed by atoms with Crippen LogP contribution in [0.15, 0.2) is 54.9 Å². The number of aromatic nitrogens is 3. The number of hydrogen-bond donors (Lipinski definition) is 1. The van der Waals surface area contributed by atoms with E-state index >= 15 is 0 Å². The van der Waals surface area contributed by atoms with Gasteiger partial charge >= 0.3 is 0 Å². The van der Waals surface area contributed by atoms with Crippen molar-refractivity contribution >= 4 is 11.7 Å². The second kappa shape index (κ2) is 10.5. The second-order valence-corrected chi connectivity index (χ2v) is 8.77. The molecule has 0 aliphatic carbocycles. The highest BCUT2D eigenvalue weighted by molar-refractivity contribution is 5.99. The fourth-order valence-electron chi connectivity index (χ4n) is 4.23. The molecule has 0 bridgehead atoms. The zero-order valence-corrected chi connectivity index (χ0v) is 19.7. The lowest BCUT2D eigenvalue weighted by molar-refractivity contribution is 0.0953. The molecule has 0 unspecified atom stereocenters. The average Bonchev–Trinajstić information content (AvgIpc) is 2.84. The summed E-state index contributed by atoms with van der Waals surface area (Å²) in [5, 5.41) is 3.03. The Balaban J connectivity index is 1.58. The van der Waals surface area contributed by atoms with E-state index in [2.05, 4.69) is 51.2 Å². The number of hydrogen-bond acceptors (Lipinski definition) is 6. The first kappa shape index (κ1) is 22.9. The van der Waals surface area contributed by atoms with Crippen molar-refractivity contribution in [1.82, 2.24) is 25.2 Å². The Morgan fingerprint density at radius 1 is 1.15 bits per heavy atom. The summed E-state index contributed by atoms with van der Waals surface area (Å²) in [6.45, 7) is 4.64. The quantitative estimate of drug-likeness (QED) is 0.602. The number of carbonyl (C=O) groups excluding carboxylic acids is 1. The molecular weight excluding hydrogens is 412 g/mol. The van der Waals surface area contributed by atoms with Crippen molar-refractivity contribution in [2.45, 2.75) is 32.2 Å². The van der Waals surface area contributed by atoms with Gasteiger partial charge in [0.15, 0.2) is 5.82 Å². The molecule has 1 aliphatic rings. The van der Waals surface area contributed by atoms with Crippen LogP contribution in [0.4, 0.5) is 5.82 Å². The second-order valence-electron chi connectivity index (χ2n) is 8.77. The third-order valence-electron chi connectivity index (χ3n) is 6.25. The van der Waals surface area contributed by atoms with Crippen LogP contribution in [0.25, 0.3) is 11.4 Å². The largest absolute Gasteiger partial charge is 0.356 e. The molecular formula is C26H32N6O. The normalized spacial score (nSPS) is 14.8. The van der Waals surface area contributed by atoms with Crippen molar-refractivity contribution in [2.24, 2.45) is 0 Å². The van der Waals surface area contributed by atoms with Crippen LogP contribution in [0, 0.1) is 6.92 Å². The van der Waals surface area contributed by atoms with Crippen molar-refractivity contribution in [3.05, 3.63) is 71.7 Å². The number of piperidine rings is 1. The first-order valence-corrected chi connectivity index (χ1v) is 11.5. The molecule has 0 spiro atoms. The van der Waals surface area contributed by atoms with Gasteiger partial charge < -0.3 is 15.1 Å². The van der Waals surface area contributed by atoms with Crippen molar-refractivity contribution in [1.29, 1.82) is 0 Å². The monoisotopic (exact) mass is 444 g/mol. The molecule has 0 radical (unpaired) electrons. The SMILES string of the molecule is Cc1cccc(-c2ncc(C(=O)NCCc3ccccn3)c(N(C)C3CCN(C)CC3)n2)c1. The Bertz CT molecular complexity index is 1080. The average molecular weight is 445 g/mol. The van der Waals surface area contributed by atoms with Crippen LogP contribution in [-0.2, 0) is 6.42 Å². The van der Waals surface area contributed by atoms with Crippen LogP contribution in [0.3, 0.4) is 0 Å². The molecule has 3 aromatic rings. The minimum atomic E-state index is -0.156. The lowest BCUT2D eigenvalue weighted by atomic mass is 10.0. The zero-order chi connectivity index (χ0) is 23.2. The maximum absolute atomic E-state index is 13.2. The smallest absolute Gasteiger partial charge is 0.256 e. The molecule has 7 heteroatoms. The Morgan fingerprint density at radius 3 is 2.70 bits per heavy atom. The summed E-state index contributed by atoms with van der Waals surface area (Å²) >= 11 is 0. The number of rotatable bonds is 7. The Kier molecular flexibility index (Phi) is 7.29. The third kappa shape index (κ3) is 5.73. The van der Waals surface area contributed by atoms with E-state index < -0.39 is 0 Å². The van der Waals surface area contributed by atoms with Crippen LogP contribution in [0.1, 0.15) is 34.5 Å². The van der Waals surface area contributed by atoms with E-state index in [4.69, 9.17) is 4.98 Å². The van der Waals surface area contributed by atoms with E-state index in [9.17, 15) is 4.79 Å². The lowest BCUT2D eigenvalue weighted by Gasteiger charge is -2.36. The number of benzene rings is 1. The first-order valence-electron chi connectivity index (χ1n) is 11.5. The predicted octanol–water partition coefficient (Wildman–Crippen LogP) is 3.35. The number of likely N-dealkylation sites (tertiary alicyclic amines) is 1. The molecule has 172 valence electrons. The van der Waals surface area contributed by atoms with Gasteiger partial charge in [0.05, 0.1) is 0 Å². The summed E-state index contributed by atoms with van der Waals surface area (Å²) in [6.07, 6.45) is 6.19. The first-order chi connectivity index (χ1) is 16.0. The van der Waals surface area contributed by atoms with Crippen molar-refractivity contribution in [3.63, 3.8) is 0 Å². The number of aryl methyl sites for hydroxylation is 1. The standard InChI is InChI=1S/C26H32N6O/c1-19-7-6-8-20(17-19)24-29-18-23(26(33)28-14-10-21-9-4-5-13-27-21)25(30-24)32(3)22-11-15-31(2)16-12-22/h4-9,13,17-18,22H,10-12,14-16H2,1-3H3,(H,28,33). The maximum atomic E-state index is 13.2. The molecule has 33 heavy (non-hydrogen) atoms. The zero-order valence-electron chi connectivity index (χ0n) is 19.7. The summed E-state index contributed by atoms with van der Waals surface area (Å²) in [5.74, 6) is 1.17. The van der Waals surface area contributed by atoms with E-state index in [0.717, 1.165) is 42.8 Å². The van der Waals surface area contributed by atoms with Crippen LogP contribution < -0.4 is 10.2 Å². The fourth-order valence-corrected chi connectivity index (χ4v) is 4.23. The summed E-state index contributed by atoms with van der Waals surface area (Å²) in [5.41, 5.74) is 3.56.